The van der Waals surface area contributed by atoms with E-state index in [0.29, 0.717) is 0 Å². The molecule has 60 valence electrons. The highest BCUT2D eigenvalue weighted by Gasteiger charge is 2.30. The molecular formula is C4H2NO6-. The van der Waals surface area contributed by atoms with Crippen molar-refractivity contribution in [3.8, 4) is 0 Å². The summed E-state index contributed by atoms with van der Waals surface area (Å²) < 4.78 is 0. The lowest BCUT2D eigenvalue weighted by molar-refractivity contribution is -0.508. The van der Waals surface area contributed by atoms with Gasteiger partial charge in [0.2, 0.25) is 0 Å². The predicted octanol–water partition coefficient (Wildman–Crippen LogP) is -2.85. The van der Waals surface area contributed by atoms with Gasteiger partial charge in [-0.05, 0) is 0 Å². The molecule has 1 unspecified atom stereocenters. The number of Topliss-reactive ketones (excluding diaryl/α,β-unsaturated/α-hetero) is 1. The first-order valence-corrected chi connectivity index (χ1v) is 2.34. The van der Waals surface area contributed by atoms with E-state index in [-0.39, 0.29) is 0 Å². The number of ketones is 1. The molecule has 0 N–H and O–H groups in total. The lowest BCUT2D eigenvalue weighted by Gasteiger charge is -2.03. The van der Waals surface area contributed by atoms with Crippen LogP contribution < -0.4 is 5.11 Å². The number of aliphatic carboxylic acids is 1. The van der Waals surface area contributed by atoms with Crippen molar-refractivity contribution in [2.45, 2.75) is 6.04 Å². The Morgan fingerprint density at radius 3 is 2.00 bits per heavy atom. The van der Waals surface area contributed by atoms with Crippen LogP contribution in [0.1, 0.15) is 0 Å². The minimum absolute atomic E-state index is 0.427. The van der Waals surface area contributed by atoms with Gasteiger partial charge in [-0.15, -0.1) is 0 Å². The number of hydrogen-bond acceptors (Lipinski definition) is 6. The van der Waals surface area contributed by atoms with Gasteiger partial charge in [0.25, 0.3) is 5.78 Å². The van der Waals surface area contributed by atoms with Crippen LogP contribution in [-0.2, 0) is 14.4 Å². The molecule has 7 nitrogen and oxygen atoms in total. The van der Waals surface area contributed by atoms with Gasteiger partial charge in [0.15, 0.2) is 6.29 Å². The minimum Gasteiger partial charge on any atom is -0.543 e. The smallest absolute Gasteiger partial charge is 0.316 e. The fraction of sp³-hybridized carbons (Fsp3) is 0.250. The SMILES string of the molecule is O=CC(=O)C(C(=O)[O-])[N+](=O)[O-]. The maximum absolute atomic E-state index is 10.2. The molecule has 0 radical (unpaired) electrons. The Morgan fingerprint density at radius 1 is 1.45 bits per heavy atom. The van der Waals surface area contributed by atoms with Crippen LogP contribution in [0.3, 0.4) is 0 Å². The van der Waals surface area contributed by atoms with Gasteiger partial charge in [0.1, 0.15) is 5.97 Å². The summed E-state index contributed by atoms with van der Waals surface area (Å²) in [5.41, 5.74) is 0. The van der Waals surface area contributed by atoms with E-state index in [9.17, 15) is 29.6 Å². The molecule has 0 spiro atoms. The minimum atomic E-state index is -2.58. The van der Waals surface area contributed by atoms with Crippen LogP contribution in [-0.4, -0.2) is 29.0 Å². The average Bonchev–Trinajstić information content (AvgIpc) is 1.85. The Bertz CT molecular complexity index is 207. The standard InChI is InChI=1S/C4H3NO6/c6-1-2(7)3(4(8)9)5(10)11/h1,3H,(H,8,9)/p-1. The van der Waals surface area contributed by atoms with Crippen molar-refractivity contribution in [3.63, 3.8) is 0 Å². The second-order valence-corrected chi connectivity index (χ2v) is 1.53. The Hall–Kier alpha value is -1.79. The number of hydrogen-bond donors (Lipinski definition) is 0. The molecule has 7 heteroatoms. The molecule has 1 atom stereocenters. The Kier molecular flexibility index (Phi) is 2.84. The number of carboxylic acids is 1. The molecule has 11 heavy (non-hydrogen) atoms. The fourth-order valence-corrected chi connectivity index (χ4v) is 0.371. The Labute approximate surface area is 59.8 Å². The molecule has 0 aromatic carbocycles. The normalized spacial score (nSPS) is 11.6. The highest BCUT2D eigenvalue weighted by Crippen LogP contribution is 1.87. The first kappa shape index (κ1) is 9.21. The van der Waals surface area contributed by atoms with Gasteiger partial charge in [-0.25, -0.2) is 0 Å². The number of carbonyl (C=O) groups is 3. The van der Waals surface area contributed by atoms with Gasteiger partial charge in [-0.3, -0.25) is 19.7 Å². The molecule has 0 aromatic rings. The van der Waals surface area contributed by atoms with Crippen LogP contribution in [0, 0.1) is 10.1 Å². The number of nitrogens with zero attached hydrogens (tertiary/aromatic N) is 1. The van der Waals surface area contributed by atoms with Gasteiger partial charge >= 0.3 is 6.04 Å². The second-order valence-electron chi connectivity index (χ2n) is 1.53. The zero-order valence-corrected chi connectivity index (χ0v) is 5.05. The van der Waals surface area contributed by atoms with Crippen molar-refractivity contribution < 1.29 is 24.4 Å². The molecule has 0 amide bonds. The molecule has 0 aliphatic heterocycles. The highest BCUT2D eigenvalue weighted by atomic mass is 16.6. The third-order valence-electron chi connectivity index (χ3n) is 0.820. The molecular weight excluding hydrogens is 158 g/mol. The van der Waals surface area contributed by atoms with E-state index < -0.39 is 29.0 Å². The van der Waals surface area contributed by atoms with Crippen molar-refractivity contribution in [2.75, 3.05) is 0 Å². The topological polar surface area (TPSA) is 117 Å². The molecule has 0 aliphatic rings. The monoisotopic (exact) mass is 160 g/mol. The van der Waals surface area contributed by atoms with Gasteiger partial charge in [-0.2, -0.15) is 0 Å². The lowest BCUT2D eigenvalue weighted by Crippen LogP contribution is -2.46. The second kappa shape index (κ2) is 3.40. The van der Waals surface area contributed by atoms with Gasteiger partial charge < -0.3 is 9.90 Å². The van der Waals surface area contributed by atoms with Crippen LogP contribution in [0.5, 0.6) is 0 Å². The van der Waals surface area contributed by atoms with Crippen molar-refractivity contribution in [1.82, 2.24) is 0 Å². The van der Waals surface area contributed by atoms with E-state index in [1.165, 1.54) is 0 Å². The van der Waals surface area contributed by atoms with Crippen molar-refractivity contribution in [1.29, 1.82) is 0 Å². The molecule has 0 saturated heterocycles. The van der Waals surface area contributed by atoms with E-state index >= 15 is 0 Å². The molecule has 0 aliphatic carbocycles. The number of nitro groups is 1. The molecule has 0 heterocycles. The first-order chi connectivity index (χ1) is 5.00. The van der Waals surface area contributed by atoms with Crippen molar-refractivity contribution in [2.24, 2.45) is 0 Å². The molecule has 0 bridgehead atoms. The van der Waals surface area contributed by atoms with Gasteiger partial charge in [-0.1, -0.05) is 0 Å². The summed E-state index contributed by atoms with van der Waals surface area (Å²) in [5, 5.41) is 19.6. The van der Waals surface area contributed by atoms with E-state index in [4.69, 9.17) is 0 Å². The number of aldehydes is 1. The van der Waals surface area contributed by atoms with E-state index in [1.54, 1.807) is 0 Å². The van der Waals surface area contributed by atoms with E-state index in [2.05, 4.69) is 0 Å². The third kappa shape index (κ3) is 2.12. The summed E-state index contributed by atoms with van der Waals surface area (Å²) in [6.07, 6.45) is -0.427. The zero-order chi connectivity index (χ0) is 9.02. The molecule has 0 fully saturated rings. The van der Waals surface area contributed by atoms with Crippen LogP contribution in [0.25, 0.3) is 0 Å². The summed E-state index contributed by atoms with van der Waals surface area (Å²) in [7, 11) is 0. The third-order valence-corrected chi connectivity index (χ3v) is 0.820. The van der Waals surface area contributed by atoms with Crippen molar-refractivity contribution in [3.05, 3.63) is 10.1 Å². The largest absolute Gasteiger partial charge is 0.543 e. The number of rotatable bonds is 4. The van der Waals surface area contributed by atoms with Crippen LogP contribution in [0.4, 0.5) is 0 Å². The Balaban J connectivity index is 4.60. The predicted molar refractivity (Wildman–Crippen MR) is 26.9 cm³/mol. The lowest BCUT2D eigenvalue weighted by atomic mass is 10.2. The summed E-state index contributed by atoms with van der Waals surface area (Å²) in [6, 6.07) is -2.58. The number of carboxylic acid groups (broad SMARTS) is 1. The maximum atomic E-state index is 10.2. The van der Waals surface area contributed by atoms with Crippen LogP contribution >= 0.6 is 0 Å². The molecule has 0 aromatic heterocycles. The summed E-state index contributed by atoms with van der Waals surface area (Å²) in [6.45, 7) is 0. The van der Waals surface area contributed by atoms with Gasteiger partial charge in [0, 0.05) is 4.92 Å². The highest BCUT2D eigenvalue weighted by molar-refractivity contribution is 6.31. The first-order valence-electron chi connectivity index (χ1n) is 2.34. The van der Waals surface area contributed by atoms with Gasteiger partial charge in [0.05, 0.1) is 0 Å². The summed E-state index contributed by atoms with van der Waals surface area (Å²) in [4.78, 5) is 37.9. The molecule has 0 rings (SSSR count). The average molecular weight is 160 g/mol. The zero-order valence-electron chi connectivity index (χ0n) is 5.05. The van der Waals surface area contributed by atoms with E-state index in [0.717, 1.165) is 0 Å². The fourth-order valence-electron chi connectivity index (χ4n) is 0.371. The van der Waals surface area contributed by atoms with Crippen LogP contribution in [0.2, 0.25) is 0 Å². The quantitative estimate of drug-likeness (QED) is 0.143. The van der Waals surface area contributed by atoms with Crippen LogP contribution in [0.15, 0.2) is 0 Å². The number of carbonyl (C=O) groups excluding carboxylic acids is 3. The maximum Gasteiger partial charge on any atom is 0.316 e. The summed E-state index contributed by atoms with van der Waals surface area (Å²) >= 11 is 0. The van der Waals surface area contributed by atoms with Crippen molar-refractivity contribution >= 4 is 18.0 Å². The summed E-state index contributed by atoms with van der Waals surface area (Å²) in [5.74, 6) is -3.82. The Morgan fingerprint density at radius 2 is 1.91 bits per heavy atom. The molecule has 0 saturated carbocycles. The van der Waals surface area contributed by atoms with E-state index in [1.807, 2.05) is 0 Å².